The van der Waals surface area contributed by atoms with Gasteiger partial charge in [-0.3, -0.25) is 9.59 Å². The number of carbonyl (C=O) groups is 2. The maximum Gasteiger partial charge on any atom is 0.245 e. The van der Waals surface area contributed by atoms with Crippen LogP contribution in [-0.2, 0) is 20.7 Å². The van der Waals surface area contributed by atoms with Crippen molar-refractivity contribution in [3.05, 3.63) is 35.9 Å². The highest BCUT2D eigenvalue weighted by Crippen LogP contribution is 2.12. The van der Waals surface area contributed by atoms with Crippen molar-refractivity contribution in [1.29, 1.82) is 0 Å². The summed E-state index contributed by atoms with van der Waals surface area (Å²) < 4.78 is 5.20. The molecule has 2 amide bonds. The van der Waals surface area contributed by atoms with E-state index in [9.17, 15) is 9.59 Å². The van der Waals surface area contributed by atoms with Gasteiger partial charge in [0.15, 0.2) is 5.05 Å². The Balaban J connectivity index is 1.84. The number of benzene rings is 1. The van der Waals surface area contributed by atoms with Gasteiger partial charge in [0.2, 0.25) is 11.8 Å². The Bertz CT molecular complexity index is 533. The number of thiocarbonyl (C=S) groups is 1. The van der Waals surface area contributed by atoms with E-state index < -0.39 is 6.04 Å². The quantitative estimate of drug-likeness (QED) is 0.607. The number of hydrogen-bond donors (Lipinski definition) is 2. The van der Waals surface area contributed by atoms with Crippen LogP contribution in [0.25, 0.3) is 0 Å². The summed E-state index contributed by atoms with van der Waals surface area (Å²) in [5.74, 6) is -0.353. The molecule has 2 rings (SSSR count). The summed E-state index contributed by atoms with van der Waals surface area (Å²) in [6.45, 7) is 2.36. The summed E-state index contributed by atoms with van der Waals surface area (Å²) in [6, 6.07) is 8.69. The van der Waals surface area contributed by atoms with Crippen molar-refractivity contribution in [2.45, 2.75) is 31.8 Å². The van der Waals surface area contributed by atoms with E-state index in [4.69, 9.17) is 17.0 Å². The fourth-order valence-corrected chi connectivity index (χ4v) is 2.48. The van der Waals surface area contributed by atoms with Gasteiger partial charge in [0, 0.05) is 6.42 Å². The lowest BCUT2D eigenvalue weighted by atomic mass is 9.95. The molecule has 1 saturated heterocycles. The lowest BCUT2D eigenvalue weighted by molar-refractivity contribution is -0.136. The smallest absolute Gasteiger partial charge is 0.245 e. The van der Waals surface area contributed by atoms with Crippen molar-refractivity contribution in [3.63, 3.8) is 0 Å². The first-order valence-electron chi connectivity index (χ1n) is 6.89. The highest BCUT2D eigenvalue weighted by Gasteiger charge is 2.40. The SMILES string of the molecule is CCOC(=S)C[C@H]1NC(=O)[C@@H]1NC(=O)Cc1ccccc1. The molecule has 2 atom stereocenters. The summed E-state index contributed by atoms with van der Waals surface area (Å²) in [5, 5.41) is 5.93. The summed E-state index contributed by atoms with van der Waals surface area (Å²) in [4.78, 5) is 23.5. The van der Waals surface area contributed by atoms with Crippen molar-refractivity contribution in [3.8, 4) is 0 Å². The van der Waals surface area contributed by atoms with E-state index in [1.165, 1.54) is 0 Å². The number of amides is 2. The van der Waals surface area contributed by atoms with Crippen LogP contribution in [0.2, 0.25) is 0 Å². The van der Waals surface area contributed by atoms with E-state index in [2.05, 4.69) is 10.6 Å². The molecular formula is C15H18N2O3S. The van der Waals surface area contributed by atoms with Gasteiger partial charge in [0.05, 0.1) is 19.1 Å². The Morgan fingerprint density at radius 3 is 2.71 bits per heavy atom. The predicted molar refractivity (Wildman–Crippen MR) is 82.8 cm³/mol. The van der Waals surface area contributed by atoms with Gasteiger partial charge in [0.1, 0.15) is 6.04 Å². The van der Waals surface area contributed by atoms with Crippen molar-refractivity contribution < 1.29 is 14.3 Å². The van der Waals surface area contributed by atoms with Crippen molar-refractivity contribution in [2.24, 2.45) is 0 Å². The van der Waals surface area contributed by atoms with Gasteiger partial charge >= 0.3 is 0 Å². The molecule has 5 nitrogen and oxygen atoms in total. The Morgan fingerprint density at radius 1 is 1.38 bits per heavy atom. The van der Waals surface area contributed by atoms with Crippen LogP contribution in [0.15, 0.2) is 30.3 Å². The van der Waals surface area contributed by atoms with Crippen LogP contribution in [0.1, 0.15) is 18.9 Å². The molecule has 0 saturated carbocycles. The normalized spacial score (nSPS) is 20.1. The predicted octanol–water partition coefficient (Wildman–Crippen LogP) is 0.966. The summed E-state index contributed by atoms with van der Waals surface area (Å²) in [6.07, 6.45) is 0.693. The molecule has 0 radical (unpaired) electrons. The van der Waals surface area contributed by atoms with Crippen LogP contribution in [0.4, 0.5) is 0 Å². The molecule has 2 N–H and O–H groups in total. The van der Waals surface area contributed by atoms with Gasteiger partial charge in [-0.15, -0.1) is 0 Å². The van der Waals surface area contributed by atoms with Crippen molar-refractivity contribution in [2.75, 3.05) is 6.61 Å². The lowest BCUT2D eigenvalue weighted by Gasteiger charge is -2.37. The third-order valence-electron chi connectivity index (χ3n) is 3.23. The van der Waals surface area contributed by atoms with E-state index >= 15 is 0 Å². The molecule has 0 aromatic heterocycles. The maximum atomic E-state index is 12.0. The second-order valence-electron chi connectivity index (χ2n) is 4.83. The number of hydrogen-bond acceptors (Lipinski definition) is 4. The zero-order valence-electron chi connectivity index (χ0n) is 11.8. The number of rotatable bonds is 6. The monoisotopic (exact) mass is 306 g/mol. The molecular weight excluding hydrogens is 288 g/mol. The van der Waals surface area contributed by atoms with Crippen LogP contribution in [0.3, 0.4) is 0 Å². The van der Waals surface area contributed by atoms with Gasteiger partial charge < -0.3 is 15.4 Å². The molecule has 0 aliphatic carbocycles. The molecule has 1 aliphatic rings. The summed E-state index contributed by atoms with van der Waals surface area (Å²) in [5.41, 5.74) is 0.913. The average Bonchev–Trinajstić information content (AvgIpc) is 2.46. The summed E-state index contributed by atoms with van der Waals surface area (Å²) in [7, 11) is 0. The van der Waals surface area contributed by atoms with Gasteiger partial charge in [-0.1, -0.05) is 30.3 Å². The van der Waals surface area contributed by atoms with Gasteiger partial charge in [-0.2, -0.15) is 0 Å². The van der Waals surface area contributed by atoms with Gasteiger partial charge in [-0.05, 0) is 24.7 Å². The molecule has 1 aliphatic heterocycles. The Labute approximate surface area is 129 Å². The van der Waals surface area contributed by atoms with Crippen LogP contribution < -0.4 is 10.6 Å². The molecule has 112 valence electrons. The number of nitrogens with one attached hydrogen (secondary N) is 2. The van der Waals surface area contributed by atoms with E-state index in [0.29, 0.717) is 18.1 Å². The molecule has 1 heterocycles. The number of ether oxygens (including phenoxy) is 1. The fourth-order valence-electron chi connectivity index (χ4n) is 2.18. The largest absolute Gasteiger partial charge is 0.487 e. The second kappa shape index (κ2) is 7.17. The van der Waals surface area contributed by atoms with E-state index in [0.717, 1.165) is 5.56 Å². The highest BCUT2D eigenvalue weighted by molar-refractivity contribution is 7.80. The highest BCUT2D eigenvalue weighted by atomic mass is 32.1. The first-order valence-corrected chi connectivity index (χ1v) is 7.30. The number of β-lactam (4-membered cyclic amide) rings is 1. The molecule has 6 heteroatoms. The third kappa shape index (κ3) is 4.26. The Kier molecular flexibility index (Phi) is 5.27. The summed E-state index contributed by atoms with van der Waals surface area (Å²) >= 11 is 5.05. The topological polar surface area (TPSA) is 67.4 Å². The Hall–Kier alpha value is -1.95. The third-order valence-corrected chi connectivity index (χ3v) is 3.51. The van der Waals surface area contributed by atoms with E-state index in [-0.39, 0.29) is 24.3 Å². The van der Waals surface area contributed by atoms with Crippen LogP contribution in [0.5, 0.6) is 0 Å². The van der Waals surface area contributed by atoms with E-state index in [1.807, 2.05) is 37.3 Å². The first-order chi connectivity index (χ1) is 10.1. The zero-order chi connectivity index (χ0) is 15.2. The lowest BCUT2D eigenvalue weighted by Crippen LogP contribution is -2.69. The molecule has 1 aromatic carbocycles. The molecule has 0 bridgehead atoms. The Morgan fingerprint density at radius 2 is 2.10 bits per heavy atom. The van der Waals surface area contributed by atoms with Crippen LogP contribution in [0, 0.1) is 0 Å². The minimum absolute atomic E-state index is 0.173. The fraction of sp³-hybridized carbons (Fsp3) is 0.400. The average molecular weight is 306 g/mol. The van der Waals surface area contributed by atoms with E-state index in [1.54, 1.807) is 0 Å². The number of carbonyl (C=O) groups excluding carboxylic acids is 2. The zero-order valence-corrected chi connectivity index (χ0v) is 12.6. The molecule has 0 unspecified atom stereocenters. The van der Waals surface area contributed by atoms with Gasteiger partial charge in [-0.25, -0.2) is 0 Å². The second-order valence-corrected chi connectivity index (χ2v) is 5.29. The molecule has 0 spiro atoms. The van der Waals surface area contributed by atoms with Crippen LogP contribution >= 0.6 is 12.2 Å². The molecule has 1 fully saturated rings. The first kappa shape index (κ1) is 15.4. The maximum absolute atomic E-state index is 12.0. The standard InChI is InChI=1S/C15H18N2O3S/c1-2-20-13(21)9-11-14(15(19)16-11)17-12(18)8-10-6-4-3-5-7-10/h3-7,11,14H,2,8-9H2,1H3,(H,16,19)(H,17,18)/t11-,14-/m1/s1. The van der Waals surface area contributed by atoms with Crippen molar-refractivity contribution in [1.82, 2.24) is 10.6 Å². The minimum atomic E-state index is -0.528. The van der Waals surface area contributed by atoms with Gasteiger partial charge in [0.25, 0.3) is 0 Å². The van der Waals surface area contributed by atoms with Crippen LogP contribution in [-0.4, -0.2) is 35.6 Å². The van der Waals surface area contributed by atoms with Crippen molar-refractivity contribution >= 4 is 29.1 Å². The minimum Gasteiger partial charge on any atom is -0.487 e. The molecule has 21 heavy (non-hydrogen) atoms. The molecule has 1 aromatic rings.